The van der Waals surface area contributed by atoms with Gasteiger partial charge < -0.3 is 9.84 Å². The van der Waals surface area contributed by atoms with Gasteiger partial charge in [0, 0.05) is 6.66 Å². The van der Waals surface area contributed by atoms with Crippen molar-refractivity contribution < 1.29 is 9.09 Å². The highest BCUT2D eigenvalue weighted by Crippen LogP contribution is 2.54. The molecule has 15 heavy (non-hydrogen) atoms. The molecule has 1 rings (SSSR count). The van der Waals surface area contributed by atoms with Crippen molar-refractivity contribution in [2.75, 3.05) is 20.3 Å². The first kappa shape index (κ1) is 12.4. The predicted octanol–water partition coefficient (Wildman–Crippen LogP) is 2.85. The Balaban J connectivity index is 2.94. The van der Waals surface area contributed by atoms with Crippen LogP contribution in [0.4, 0.5) is 0 Å². The van der Waals surface area contributed by atoms with Gasteiger partial charge >= 0.3 is 0 Å². The van der Waals surface area contributed by atoms with E-state index in [0.717, 1.165) is 5.56 Å². The SMILES string of the molecule is CCOP(C)(=O)C(NC)c1ccccc1. The Morgan fingerprint density at radius 2 is 2.00 bits per heavy atom. The zero-order valence-electron chi connectivity index (χ0n) is 9.43. The maximum atomic E-state index is 12.3. The standard InChI is InChI=1S/C11H18NO2P/c1-4-14-15(3,13)11(12-2)10-8-6-5-7-9-10/h5-9,11-12H,4H2,1-3H3. The highest BCUT2D eigenvalue weighted by atomic mass is 31.2. The molecule has 2 unspecified atom stereocenters. The molecule has 2 atom stereocenters. The predicted molar refractivity (Wildman–Crippen MR) is 63.4 cm³/mol. The summed E-state index contributed by atoms with van der Waals surface area (Å²) >= 11 is 0. The molecule has 0 aliphatic heterocycles. The number of hydrogen-bond donors (Lipinski definition) is 1. The van der Waals surface area contributed by atoms with Crippen LogP contribution in [0.1, 0.15) is 18.3 Å². The lowest BCUT2D eigenvalue weighted by Crippen LogP contribution is -2.17. The van der Waals surface area contributed by atoms with E-state index in [1.165, 1.54) is 0 Å². The Morgan fingerprint density at radius 1 is 1.40 bits per heavy atom. The molecule has 0 aromatic heterocycles. The minimum atomic E-state index is -2.64. The maximum Gasteiger partial charge on any atom is 0.220 e. The van der Waals surface area contributed by atoms with E-state index in [1.54, 1.807) is 13.7 Å². The van der Waals surface area contributed by atoms with Gasteiger partial charge in [-0.25, -0.2) is 0 Å². The van der Waals surface area contributed by atoms with Crippen molar-refractivity contribution in [3.05, 3.63) is 35.9 Å². The monoisotopic (exact) mass is 227 g/mol. The van der Waals surface area contributed by atoms with Crippen LogP contribution in [0.25, 0.3) is 0 Å². The van der Waals surface area contributed by atoms with E-state index in [-0.39, 0.29) is 5.78 Å². The van der Waals surface area contributed by atoms with Crippen molar-refractivity contribution in [2.24, 2.45) is 0 Å². The Hall–Kier alpha value is -0.630. The van der Waals surface area contributed by atoms with Crippen molar-refractivity contribution in [2.45, 2.75) is 12.7 Å². The van der Waals surface area contributed by atoms with Gasteiger partial charge in [0.2, 0.25) is 7.37 Å². The zero-order chi connectivity index (χ0) is 11.3. The third kappa shape index (κ3) is 3.16. The number of hydrogen-bond acceptors (Lipinski definition) is 3. The fraction of sp³-hybridized carbons (Fsp3) is 0.455. The van der Waals surface area contributed by atoms with Crippen LogP contribution in [0.5, 0.6) is 0 Å². The smallest absolute Gasteiger partial charge is 0.220 e. The fourth-order valence-corrected chi connectivity index (χ4v) is 3.48. The molecule has 4 heteroatoms. The van der Waals surface area contributed by atoms with Crippen LogP contribution in [-0.2, 0) is 9.09 Å². The van der Waals surface area contributed by atoms with Gasteiger partial charge in [-0.2, -0.15) is 0 Å². The molecule has 0 bridgehead atoms. The molecule has 1 aromatic carbocycles. The second-order valence-electron chi connectivity index (χ2n) is 3.43. The summed E-state index contributed by atoms with van der Waals surface area (Å²) in [5, 5.41) is 3.06. The van der Waals surface area contributed by atoms with Crippen LogP contribution in [0.15, 0.2) is 30.3 Å². The molecule has 0 radical (unpaired) electrons. The van der Waals surface area contributed by atoms with Crippen molar-refractivity contribution in [1.82, 2.24) is 5.32 Å². The van der Waals surface area contributed by atoms with Gasteiger partial charge in [-0.15, -0.1) is 0 Å². The summed E-state index contributed by atoms with van der Waals surface area (Å²) in [7, 11) is -0.837. The summed E-state index contributed by atoms with van der Waals surface area (Å²) in [6.45, 7) is 4.00. The summed E-state index contributed by atoms with van der Waals surface area (Å²) in [6.07, 6.45) is 0. The molecule has 84 valence electrons. The fourth-order valence-electron chi connectivity index (χ4n) is 1.64. The van der Waals surface area contributed by atoms with Crippen molar-refractivity contribution >= 4 is 7.37 Å². The van der Waals surface area contributed by atoms with E-state index < -0.39 is 7.37 Å². The van der Waals surface area contributed by atoms with Gasteiger partial charge in [0.25, 0.3) is 0 Å². The number of nitrogens with one attached hydrogen (secondary N) is 1. The second-order valence-corrected chi connectivity index (χ2v) is 6.02. The quantitative estimate of drug-likeness (QED) is 0.786. The summed E-state index contributed by atoms with van der Waals surface area (Å²) in [4.78, 5) is 0. The van der Waals surface area contributed by atoms with Gasteiger partial charge in [0.1, 0.15) is 5.78 Å². The lowest BCUT2D eigenvalue weighted by Gasteiger charge is -2.23. The summed E-state index contributed by atoms with van der Waals surface area (Å²) in [6, 6.07) is 9.72. The molecule has 0 heterocycles. The molecule has 1 N–H and O–H groups in total. The molecular formula is C11H18NO2P. The zero-order valence-corrected chi connectivity index (χ0v) is 10.3. The van der Waals surface area contributed by atoms with E-state index in [9.17, 15) is 4.57 Å². The van der Waals surface area contributed by atoms with Gasteiger partial charge in [-0.1, -0.05) is 30.3 Å². The van der Waals surface area contributed by atoms with Gasteiger partial charge in [-0.3, -0.25) is 4.57 Å². The highest BCUT2D eigenvalue weighted by molar-refractivity contribution is 7.58. The molecule has 0 aliphatic rings. The van der Waals surface area contributed by atoms with E-state index in [0.29, 0.717) is 6.61 Å². The molecule has 0 aliphatic carbocycles. The first-order chi connectivity index (χ1) is 7.11. The lowest BCUT2D eigenvalue weighted by atomic mass is 10.2. The van der Waals surface area contributed by atoms with Crippen LogP contribution < -0.4 is 5.32 Å². The van der Waals surface area contributed by atoms with E-state index in [2.05, 4.69) is 5.32 Å². The Morgan fingerprint density at radius 3 is 2.47 bits per heavy atom. The van der Waals surface area contributed by atoms with Crippen LogP contribution in [0.2, 0.25) is 0 Å². The van der Waals surface area contributed by atoms with Crippen LogP contribution in [0.3, 0.4) is 0 Å². The first-order valence-electron chi connectivity index (χ1n) is 5.05. The molecule has 0 fully saturated rings. The average molecular weight is 227 g/mol. The maximum absolute atomic E-state index is 12.3. The normalized spacial score (nSPS) is 17.0. The summed E-state index contributed by atoms with van der Waals surface area (Å²) < 4.78 is 17.6. The van der Waals surface area contributed by atoms with Crippen molar-refractivity contribution in [3.63, 3.8) is 0 Å². The van der Waals surface area contributed by atoms with Crippen LogP contribution in [0, 0.1) is 0 Å². The third-order valence-electron chi connectivity index (χ3n) is 2.24. The van der Waals surface area contributed by atoms with Gasteiger partial charge in [-0.05, 0) is 19.5 Å². The summed E-state index contributed by atoms with van der Waals surface area (Å²) in [5.74, 6) is -0.223. The topological polar surface area (TPSA) is 38.3 Å². The van der Waals surface area contributed by atoms with Gasteiger partial charge in [0.05, 0.1) is 6.61 Å². The lowest BCUT2D eigenvalue weighted by molar-refractivity contribution is 0.326. The average Bonchev–Trinajstić information content (AvgIpc) is 2.19. The molecule has 0 spiro atoms. The number of rotatable bonds is 5. The number of benzene rings is 1. The largest absolute Gasteiger partial charge is 0.328 e. The molecule has 0 amide bonds. The van der Waals surface area contributed by atoms with Crippen molar-refractivity contribution in [3.8, 4) is 0 Å². The molecule has 1 aromatic rings. The Labute approximate surface area is 91.3 Å². The van der Waals surface area contributed by atoms with Crippen molar-refractivity contribution in [1.29, 1.82) is 0 Å². The minimum Gasteiger partial charge on any atom is -0.328 e. The Bertz CT molecular complexity index is 340. The molecule has 3 nitrogen and oxygen atoms in total. The molecule has 0 saturated carbocycles. The van der Waals surface area contributed by atoms with E-state index in [4.69, 9.17) is 4.52 Å². The molecular weight excluding hydrogens is 209 g/mol. The van der Waals surface area contributed by atoms with E-state index >= 15 is 0 Å². The Kier molecular flexibility index (Phi) is 4.52. The van der Waals surface area contributed by atoms with Crippen LogP contribution in [-0.4, -0.2) is 20.3 Å². The second kappa shape index (κ2) is 5.45. The minimum absolute atomic E-state index is 0.223. The van der Waals surface area contributed by atoms with E-state index in [1.807, 2.05) is 37.3 Å². The first-order valence-corrected chi connectivity index (χ1v) is 7.20. The molecule has 0 saturated heterocycles. The highest BCUT2D eigenvalue weighted by Gasteiger charge is 2.28. The van der Waals surface area contributed by atoms with Crippen LogP contribution >= 0.6 is 7.37 Å². The summed E-state index contributed by atoms with van der Waals surface area (Å²) in [5.41, 5.74) is 0.999. The third-order valence-corrected chi connectivity index (χ3v) is 4.51. The van der Waals surface area contributed by atoms with Gasteiger partial charge in [0.15, 0.2) is 0 Å².